The molecule has 4 atom stereocenters. The number of sulfonamides is 4. The number of nitrogens with one attached hydrogen (secondary N) is 1. The number of hydrogen-bond acceptors (Lipinski definition) is 17. The van der Waals surface area contributed by atoms with Gasteiger partial charge in [0.1, 0.15) is 23.0 Å². The van der Waals surface area contributed by atoms with Gasteiger partial charge >= 0.3 is 6.09 Å². The fourth-order valence-electron chi connectivity index (χ4n) is 10.1. The van der Waals surface area contributed by atoms with Crippen molar-refractivity contribution in [2.45, 2.75) is 101 Å². The maximum Gasteiger partial charge on any atom is 0.407 e. The molecule has 524 valence electrons. The average Bonchev–Trinajstić information content (AvgIpc) is 1.83. The summed E-state index contributed by atoms with van der Waals surface area (Å²) in [5.41, 5.74) is 9.66. The Hall–Kier alpha value is -6.51. The van der Waals surface area contributed by atoms with Crippen LogP contribution in [-0.2, 0) is 53.9 Å². The summed E-state index contributed by atoms with van der Waals surface area (Å²) < 4.78 is 157. The second-order valence-corrected chi connectivity index (χ2v) is 35.7. The van der Waals surface area contributed by atoms with Gasteiger partial charge in [0.15, 0.2) is 0 Å². The zero-order valence-corrected chi connectivity index (χ0v) is 60.8. The molecule has 6 aromatic rings. The number of nitrogens with two attached hydrogens (primary N) is 1. The molecule has 3 N–H and O–H groups in total. The minimum atomic E-state index is -3.71. The largest absolute Gasteiger partial charge is 0.496 e. The van der Waals surface area contributed by atoms with Gasteiger partial charge in [0.05, 0.1) is 37.6 Å². The van der Waals surface area contributed by atoms with Crippen molar-refractivity contribution in [2.24, 2.45) is 11.7 Å². The Labute approximate surface area is 566 Å². The van der Waals surface area contributed by atoms with Crippen molar-refractivity contribution >= 4 is 83.0 Å². The van der Waals surface area contributed by atoms with Crippen molar-refractivity contribution in [1.29, 1.82) is 0 Å². The highest BCUT2D eigenvalue weighted by Gasteiger charge is 2.29. The molecule has 0 bridgehead atoms. The molecular formula is C65H90ClF2N9O13S5. The highest BCUT2D eigenvalue weighted by atomic mass is 35.7. The van der Waals surface area contributed by atoms with Crippen LogP contribution in [0.25, 0.3) is 0 Å². The highest BCUT2D eigenvalue weighted by Crippen LogP contribution is 2.36. The van der Waals surface area contributed by atoms with Crippen molar-refractivity contribution in [2.75, 3.05) is 117 Å². The number of hydrogen-bond donors (Lipinski definition) is 2. The molecule has 3 aliphatic heterocycles. The number of carbonyl (C=O) groups is 1. The van der Waals surface area contributed by atoms with E-state index < -0.39 is 72.5 Å². The van der Waals surface area contributed by atoms with Crippen molar-refractivity contribution in [3.63, 3.8) is 0 Å². The SMILES string of the molecule is CN(C)S(=O)(=O)c1ccc(F)cc1.CN(C)S(=O)(=O)c1ccc(N2CC[C@H](N)C2)cc1.CN(C)S(=O)(=O)c1ccc(N2CC[C@H](NC(=O)OC(C)(C)C)C2)cc1.COc1ccccc1C(C)C[C@H]1CCN(c2ccc(S(=O)(=O)N(C)C)cc2)C1.O=S(=O)(Cl)c1ccc(F)cc1. The molecule has 0 aliphatic carbocycles. The number of nitrogens with zero attached hydrogens (tertiary/aromatic N) is 7. The minimum absolute atomic E-state index is 0.0139. The van der Waals surface area contributed by atoms with Crippen LogP contribution in [0, 0.1) is 17.6 Å². The monoisotopic (exact) mass is 1440 g/mol. The Kier molecular flexibility index (Phi) is 28.4. The Morgan fingerprint density at radius 2 is 0.884 bits per heavy atom. The van der Waals surface area contributed by atoms with E-state index in [0.29, 0.717) is 28.2 Å². The molecule has 0 spiro atoms. The Morgan fingerprint density at radius 3 is 1.24 bits per heavy atom. The van der Waals surface area contributed by atoms with Crippen molar-refractivity contribution < 1.29 is 65.1 Å². The van der Waals surface area contributed by atoms with E-state index in [9.17, 15) is 55.7 Å². The van der Waals surface area contributed by atoms with Crippen LogP contribution in [0.2, 0.25) is 0 Å². The van der Waals surface area contributed by atoms with Gasteiger partial charge in [-0.15, -0.1) is 0 Å². The second-order valence-electron chi connectivity index (χ2n) is 24.5. The molecule has 0 radical (unpaired) electrons. The lowest BCUT2D eigenvalue weighted by atomic mass is 9.89. The van der Waals surface area contributed by atoms with E-state index in [-0.39, 0.29) is 26.8 Å². The first-order valence-corrected chi connectivity index (χ1v) is 38.3. The zero-order chi connectivity index (χ0) is 71.0. The number of ether oxygens (including phenoxy) is 2. The minimum Gasteiger partial charge on any atom is -0.496 e. The van der Waals surface area contributed by atoms with E-state index in [0.717, 1.165) is 122 Å². The molecule has 1 amide bonds. The summed E-state index contributed by atoms with van der Waals surface area (Å²) in [5, 5.41) is 2.88. The molecule has 3 aliphatic rings. The van der Waals surface area contributed by atoms with E-state index in [1.54, 1.807) is 69.7 Å². The lowest BCUT2D eigenvalue weighted by Crippen LogP contribution is -2.40. The van der Waals surface area contributed by atoms with Crippen LogP contribution in [0.5, 0.6) is 5.75 Å². The number of carbonyl (C=O) groups excluding carboxylic acids is 1. The molecule has 3 heterocycles. The summed E-state index contributed by atoms with van der Waals surface area (Å²) in [6.07, 6.45) is 3.66. The first-order chi connectivity index (χ1) is 44.2. The fourth-order valence-corrected chi connectivity index (χ4v) is 14.5. The highest BCUT2D eigenvalue weighted by molar-refractivity contribution is 8.13. The third-order valence-corrected chi connectivity index (χ3v) is 24.1. The van der Waals surface area contributed by atoms with Crippen LogP contribution in [-0.4, -0.2) is 186 Å². The first kappa shape index (κ1) is 79.2. The van der Waals surface area contributed by atoms with Crippen LogP contribution in [0.3, 0.4) is 0 Å². The molecule has 1 unspecified atom stereocenters. The molecule has 3 fully saturated rings. The maximum absolute atomic E-state index is 12.5. The van der Waals surface area contributed by atoms with E-state index in [4.69, 9.17) is 25.9 Å². The van der Waals surface area contributed by atoms with Crippen LogP contribution < -0.4 is 30.5 Å². The number of para-hydroxylation sites is 1. The number of amides is 1. The number of rotatable bonds is 17. The maximum atomic E-state index is 12.5. The molecule has 30 heteroatoms. The molecule has 9 rings (SSSR count). The third kappa shape index (κ3) is 23.1. The molecule has 3 saturated heterocycles. The summed E-state index contributed by atoms with van der Waals surface area (Å²) in [5.74, 6) is 1.08. The molecule has 0 aromatic heterocycles. The first-order valence-electron chi connectivity index (χ1n) is 30.3. The van der Waals surface area contributed by atoms with Crippen LogP contribution in [0.15, 0.2) is 170 Å². The van der Waals surface area contributed by atoms with E-state index in [1.807, 2.05) is 57.2 Å². The summed E-state index contributed by atoms with van der Waals surface area (Å²) >= 11 is 0. The summed E-state index contributed by atoms with van der Waals surface area (Å²) in [6.45, 7) is 13.0. The van der Waals surface area contributed by atoms with Gasteiger partial charge in [-0.2, -0.15) is 0 Å². The van der Waals surface area contributed by atoms with Crippen LogP contribution >= 0.6 is 10.7 Å². The lowest BCUT2D eigenvalue weighted by molar-refractivity contribution is 0.0508. The van der Waals surface area contributed by atoms with Crippen LogP contribution in [0.4, 0.5) is 30.6 Å². The fraction of sp³-hybridized carbons (Fsp3) is 0.431. The standard InChI is InChI=1S/C22H30N2O3S.C17H27N3O4S.C12H19N3O2S.C8H10FNO2S.C6H4ClFO2S/c1-17(21-7-5-6-8-22(21)27-4)15-18-13-14-24(16-18)19-9-11-20(12-10-19)28(25,26)23(2)3;1-17(2,3)24-16(21)18-13-10-11-20(12-13)14-6-8-15(9-7-14)25(22,23)19(4)5;1-14(2)18(16,17)12-5-3-11(4-6-12)15-8-7-10(13)9-15;1-10(2)13(11,12)8-5-3-7(9)4-6-8;7-11(9,10)6-3-1-5(8)2-4-6/h5-12,17-18H,13-16H2,1-4H3;6-9,13H,10-12H2,1-5H3,(H,18,21);3-6,10H,7-9,13H2,1-2H3;3-6H,1-2H3;1-4H/t17?,18-;13-;10-;;/m100../s1. The number of halogens is 3. The number of alkyl carbamates (subject to hydrolysis) is 1. The average molecular weight is 1440 g/mol. The van der Waals surface area contributed by atoms with Gasteiger partial charge < -0.3 is 35.2 Å². The van der Waals surface area contributed by atoms with Gasteiger partial charge in [-0.1, -0.05) is 25.1 Å². The van der Waals surface area contributed by atoms with E-state index >= 15 is 0 Å². The van der Waals surface area contributed by atoms with Gasteiger partial charge in [0.25, 0.3) is 9.05 Å². The molecule has 0 saturated carbocycles. The topological polar surface area (TPSA) is 267 Å². The van der Waals surface area contributed by atoms with Gasteiger partial charge in [0.2, 0.25) is 40.1 Å². The summed E-state index contributed by atoms with van der Waals surface area (Å²) in [7, 11) is 1.46. The summed E-state index contributed by atoms with van der Waals surface area (Å²) in [4.78, 5) is 19.4. The Bertz CT molecular complexity index is 4050. The van der Waals surface area contributed by atoms with Crippen molar-refractivity contribution in [1.82, 2.24) is 22.5 Å². The van der Waals surface area contributed by atoms with E-state index in [1.165, 1.54) is 72.9 Å². The zero-order valence-electron chi connectivity index (χ0n) is 55.9. The van der Waals surface area contributed by atoms with Crippen molar-refractivity contribution in [3.05, 3.63) is 163 Å². The molecular weight excluding hydrogens is 1350 g/mol. The lowest BCUT2D eigenvalue weighted by Gasteiger charge is -2.22. The van der Waals surface area contributed by atoms with Gasteiger partial charge in [-0.25, -0.2) is 72.9 Å². The smallest absolute Gasteiger partial charge is 0.407 e. The Morgan fingerprint density at radius 1 is 0.537 bits per heavy atom. The number of anilines is 3. The molecule has 22 nitrogen and oxygen atoms in total. The molecule has 95 heavy (non-hydrogen) atoms. The third-order valence-electron chi connectivity index (χ3n) is 15.4. The summed E-state index contributed by atoms with van der Waals surface area (Å²) in [6, 6.07) is 38.5. The van der Waals surface area contributed by atoms with Gasteiger partial charge in [-0.05, 0) is 191 Å². The molecule has 6 aromatic carbocycles. The normalized spacial score (nSPS) is 17.2. The second kappa shape index (κ2) is 34.1. The quantitative estimate of drug-likeness (QED) is 0.0805. The predicted octanol–water partition coefficient (Wildman–Crippen LogP) is 9.31. The number of methoxy groups -OCH3 is 1. The van der Waals surface area contributed by atoms with Crippen LogP contribution in [0.1, 0.15) is 64.9 Å². The van der Waals surface area contributed by atoms with Crippen molar-refractivity contribution in [3.8, 4) is 5.75 Å². The van der Waals surface area contributed by atoms with Gasteiger partial charge in [-0.3, -0.25) is 0 Å². The van der Waals surface area contributed by atoms with E-state index in [2.05, 4.69) is 39.1 Å². The predicted molar refractivity (Wildman–Crippen MR) is 370 cm³/mol. The number of benzene rings is 6. The van der Waals surface area contributed by atoms with Gasteiger partial charge in [0, 0.05) is 129 Å². The Balaban J connectivity index is 0.000000224.